The van der Waals surface area contributed by atoms with E-state index in [0.717, 1.165) is 23.8 Å². The Morgan fingerprint density at radius 3 is 1.96 bits per heavy atom. The van der Waals surface area contributed by atoms with Crippen molar-refractivity contribution in [2.75, 3.05) is 5.32 Å². The Kier molecular flexibility index (Phi) is 13.8. The zero-order chi connectivity index (χ0) is 35.7. The Bertz CT molecular complexity index is 2090. The molecule has 0 aromatic heterocycles. The van der Waals surface area contributed by atoms with E-state index in [2.05, 4.69) is 172 Å². The van der Waals surface area contributed by atoms with Gasteiger partial charge in [0.15, 0.2) is 0 Å². The van der Waals surface area contributed by atoms with E-state index in [9.17, 15) is 4.79 Å². The van der Waals surface area contributed by atoms with Gasteiger partial charge in [0.2, 0.25) is 0 Å². The molecule has 0 aliphatic carbocycles. The van der Waals surface area contributed by atoms with E-state index in [1.165, 1.54) is 68.3 Å². The zero-order valence-electron chi connectivity index (χ0n) is 29.0. The molecule has 248 valence electrons. The maximum Gasteiger partial charge on any atom is 0.150 e. The van der Waals surface area contributed by atoms with Gasteiger partial charge in [-0.3, -0.25) is 4.79 Å². The van der Waals surface area contributed by atoms with E-state index < -0.39 is 0 Å². The highest BCUT2D eigenvalue weighted by Gasteiger charge is 2.17. The Morgan fingerprint density at radius 2 is 1.32 bits per heavy atom. The van der Waals surface area contributed by atoms with Crippen LogP contribution in [0.5, 0.6) is 0 Å². The molecule has 0 saturated carbocycles. The summed E-state index contributed by atoms with van der Waals surface area (Å²) in [5, 5.41) is 6.04. The Labute approximate surface area is 296 Å². The van der Waals surface area contributed by atoms with E-state index in [4.69, 9.17) is 4.79 Å². The molecule has 0 fully saturated rings. The molecule has 3 heteroatoms. The van der Waals surface area contributed by atoms with Crippen molar-refractivity contribution in [3.63, 3.8) is 0 Å². The van der Waals surface area contributed by atoms with Crippen LogP contribution in [0.25, 0.3) is 38.6 Å². The second-order valence-corrected chi connectivity index (χ2v) is 11.6. The zero-order valence-corrected chi connectivity index (χ0v) is 29.0. The summed E-state index contributed by atoms with van der Waals surface area (Å²) in [5.41, 5.74) is 12.5. The molecular weight excluding hydrogens is 611 g/mol. The van der Waals surface area contributed by atoms with Crippen LogP contribution in [0.4, 0.5) is 5.69 Å². The predicted molar refractivity (Wildman–Crippen MR) is 215 cm³/mol. The van der Waals surface area contributed by atoms with Crippen LogP contribution in [-0.2, 0) is 9.59 Å². The van der Waals surface area contributed by atoms with Crippen molar-refractivity contribution in [1.82, 2.24) is 0 Å². The number of fused-ring (bicyclic) bond motifs is 5. The minimum atomic E-state index is 0.556. The number of aldehydes is 2. The van der Waals surface area contributed by atoms with E-state index >= 15 is 0 Å². The summed E-state index contributed by atoms with van der Waals surface area (Å²) >= 11 is 0. The van der Waals surface area contributed by atoms with E-state index in [1.807, 2.05) is 6.20 Å². The number of nitrogens with one attached hydrogen (secondary N) is 1. The number of carbonyl (C=O) groups is 2. The van der Waals surface area contributed by atoms with Gasteiger partial charge < -0.3 is 10.1 Å². The average Bonchev–Trinajstić information content (AvgIpc) is 3.17. The summed E-state index contributed by atoms with van der Waals surface area (Å²) in [7, 11) is 0. The van der Waals surface area contributed by atoms with Gasteiger partial charge >= 0.3 is 0 Å². The molecule has 6 rings (SSSR count). The summed E-state index contributed by atoms with van der Waals surface area (Å²) in [6.07, 6.45) is 17.0. The average molecular weight is 654 g/mol. The van der Waals surface area contributed by atoms with Crippen LogP contribution in [0, 0.1) is 0 Å². The molecule has 5 aromatic rings. The SMILES string of the molecule is C=C/C=C(\C=C)C=O.CC(C)=CC1=C/C=C/Nc2ccc3ccccc3c2-c2ccccc2\C(c2ccc(-c3ccccc3)cc2)=C\1.CC=O. The molecule has 50 heavy (non-hydrogen) atoms. The minimum absolute atomic E-state index is 0.556. The number of benzene rings is 5. The van der Waals surface area contributed by atoms with Crippen molar-refractivity contribution in [3.05, 3.63) is 205 Å². The lowest BCUT2D eigenvalue weighted by Crippen LogP contribution is -1.97. The number of hydrogen-bond acceptors (Lipinski definition) is 3. The molecule has 1 N–H and O–H groups in total. The Hall–Kier alpha value is -6.32. The van der Waals surface area contributed by atoms with Crippen molar-refractivity contribution < 1.29 is 9.59 Å². The van der Waals surface area contributed by atoms with Gasteiger partial charge in [-0.25, -0.2) is 0 Å². The lowest BCUT2D eigenvalue weighted by molar-refractivity contribution is -0.106. The van der Waals surface area contributed by atoms with E-state index in [-0.39, 0.29) is 0 Å². The molecule has 3 nitrogen and oxygen atoms in total. The Balaban J connectivity index is 0.000000446. The van der Waals surface area contributed by atoms with Crippen LogP contribution < -0.4 is 5.32 Å². The van der Waals surface area contributed by atoms with Crippen molar-refractivity contribution in [3.8, 4) is 22.3 Å². The molecule has 0 saturated heterocycles. The van der Waals surface area contributed by atoms with Crippen molar-refractivity contribution >= 4 is 34.6 Å². The number of carbonyl (C=O) groups excluding carboxylic acids is 2. The highest BCUT2D eigenvalue weighted by molar-refractivity contribution is 6.06. The largest absolute Gasteiger partial charge is 0.361 e. The molecular formula is C47H43NO2. The highest BCUT2D eigenvalue weighted by atomic mass is 16.1. The maximum absolute atomic E-state index is 9.94. The van der Waals surface area contributed by atoms with Crippen LogP contribution in [0.1, 0.15) is 31.9 Å². The van der Waals surface area contributed by atoms with Gasteiger partial charge in [-0.15, -0.1) is 0 Å². The first kappa shape index (κ1) is 36.5. The molecule has 0 amide bonds. The minimum Gasteiger partial charge on any atom is -0.361 e. The second kappa shape index (κ2) is 18.9. The molecule has 0 spiro atoms. The fourth-order valence-corrected chi connectivity index (χ4v) is 5.63. The summed E-state index contributed by atoms with van der Waals surface area (Å²) < 4.78 is 0. The van der Waals surface area contributed by atoms with E-state index in [1.54, 1.807) is 12.2 Å². The third-order valence-electron chi connectivity index (χ3n) is 7.79. The second-order valence-electron chi connectivity index (χ2n) is 11.6. The van der Waals surface area contributed by atoms with Gasteiger partial charge in [-0.05, 0) is 88.7 Å². The van der Waals surface area contributed by atoms with Crippen LogP contribution in [0.2, 0.25) is 0 Å². The highest BCUT2D eigenvalue weighted by Crippen LogP contribution is 2.41. The van der Waals surface area contributed by atoms with Gasteiger partial charge in [0.05, 0.1) is 0 Å². The molecule has 0 radical (unpaired) electrons. The van der Waals surface area contributed by atoms with Gasteiger partial charge in [-0.1, -0.05) is 158 Å². The third-order valence-corrected chi connectivity index (χ3v) is 7.79. The van der Waals surface area contributed by atoms with Crippen LogP contribution in [-0.4, -0.2) is 12.6 Å². The molecule has 1 heterocycles. The standard InChI is InChI=1S/C38H31N.C7H8O.C2H4O/c1-27(2)25-28-11-10-24-39-37-23-22-31-14-6-7-15-33(31)38(37)35-17-9-8-16-34(35)36(26-28)32-20-18-30(19-21-32)29-12-4-3-5-13-29;1-3-5-7(4-2)6-8;1-2-3/h3-26,39H,1-2H3;3-6H,1-2H2;2H,1H3/b24-10+,28-11-,36-26+;7-5+;. The van der Waals surface area contributed by atoms with Gasteiger partial charge in [0, 0.05) is 23.0 Å². The van der Waals surface area contributed by atoms with E-state index in [0.29, 0.717) is 5.57 Å². The lowest BCUT2D eigenvalue weighted by Gasteiger charge is -2.19. The quantitative estimate of drug-likeness (QED) is 0.113. The van der Waals surface area contributed by atoms with Crippen LogP contribution >= 0.6 is 0 Å². The molecule has 0 unspecified atom stereocenters. The molecule has 0 atom stereocenters. The number of allylic oxidation sites excluding steroid dienone is 10. The molecule has 0 bridgehead atoms. The summed E-state index contributed by atoms with van der Waals surface area (Å²) in [5.74, 6) is 0. The first-order chi connectivity index (χ1) is 24.4. The summed E-state index contributed by atoms with van der Waals surface area (Å²) in [4.78, 5) is 18.7. The van der Waals surface area contributed by atoms with Crippen molar-refractivity contribution in [2.24, 2.45) is 0 Å². The van der Waals surface area contributed by atoms with Crippen molar-refractivity contribution in [2.45, 2.75) is 20.8 Å². The normalized spacial score (nSPS) is 14.6. The molecule has 1 aliphatic rings. The van der Waals surface area contributed by atoms with Crippen molar-refractivity contribution in [1.29, 1.82) is 0 Å². The van der Waals surface area contributed by atoms with Crippen LogP contribution in [0.3, 0.4) is 0 Å². The molecule has 5 aromatic carbocycles. The number of rotatable bonds is 6. The fraction of sp³-hybridized carbons (Fsp3) is 0.0638. The number of anilines is 1. The van der Waals surface area contributed by atoms with Gasteiger partial charge in [0.1, 0.15) is 12.6 Å². The van der Waals surface area contributed by atoms with Crippen LogP contribution in [0.15, 0.2) is 194 Å². The number of hydrogen-bond donors (Lipinski definition) is 1. The monoisotopic (exact) mass is 653 g/mol. The third kappa shape index (κ3) is 9.62. The first-order valence-corrected chi connectivity index (χ1v) is 16.5. The lowest BCUT2D eigenvalue weighted by atomic mass is 9.86. The van der Waals surface area contributed by atoms with Gasteiger partial charge in [0.25, 0.3) is 0 Å². The maximum atomic E-state index is 9.94. The Morgan fingerprint density at radius 1 is 0.700 bits per heavy atom. The smallest absolute Gasteiger partial charge is 0.150 e. The first-order valence-electron chi connectivity index (χ1n) is 16.5. The predicted octanol–water partition coefficient (Wildman–Crippen LogP) is 12.1. The van der Waals surface area contributed by atoms with Gasteiger partial charge in [-0.2, -0.15) is 0 Å². The molecule has 1 aliphatic heterocycles. The summed E-state index contributed by atoms with van der Waals surface area (Å²) in [6, 6.07) is 41.3. The topological polar surface area (TPSA) is 46.2 Å². The fourth-order valence-electron chi connectivity index (χ4n) is 5.63. The summed E-state index contributed by atoms with van der Waals surface area (Å²) in [6.45, 7) is 12.6.